The van der Waals surface area contributed by atoms with Crippen LogP contribution in [0.3, 0.4) is 0 Å². The van der Waals surface area contributed by atoms with Crippen molar-refractivity contribution in [3.05, 3.63) is 57.7 Å². The Labute approximate surface area is 223 Å². The number of benzene rings is 1. The molecule has 0 radical (unpaired) electrons. The van der Waals surface area contributed by atoms with Gasteiger partial charge in [0.1, 0.15) is 28.8 Å². The lowest BCUT2D eigenvalue weighted by Crippen LogP contribution is -2.38. The molecule has 2 bridgehead atoms. The van der Waals surface area contributed by atoms with Crippen molar-refractivity contribution in [2.75, 3.05) is 0 Å². The Morgan fingerprint density at radius 2 is 1.81 bits per heavy atom. The van der Waals surface area contributed by atoms with Gasteiger partial charge in [-0.3, -0.25) is 0 Å². The molecule has 4 nitrogen and oxygen atoms in total. The molecule has 37 heavy (non-hydrogen) atoms. The third kappa shape index (κ3) is 4.77. The Morgan fingerprint density at radius 3 is 2.38 bits per heavy atom. The zero-order valence-corrected chi connectivity index (χ0v) is 24.4. The molecule has 4 heteroatoms. The first-order valence-electron chi connectivity index (χ1n) is 13.9. The number of aromatic hydroxyl groups is 1. The van der Waals surface area contributed by atoms with Crippen LogP contribution < -0.4 is 4.74 Å². The van der Waals surface area contributed by atoms with E-state index in [9.17, 15) is 9.90 Å². The number of esters is 1. The maximum Gasteiger partial charge on any atom is 0.342 e. The van der Waals surface area contributed by atoms with Gasteiger partial charge in [-0.05, 0) is 103 Å². The van der Waals surface area contributed by atoms with Gasteiger partial charge in [-0.15, -0.1) is 0 Å². The van der Waals surface area contributed by atoms with Crippen molar-refractivity contribution in [1.82, 2.24) is 0 Å². The van der Waals surface area contributed by atoms with Crippen molar-refractivity contribution >= 4 is 5.97 Å². The third-order valence-electron chi connectivity index (χ3n) is 9.87. The fourth-order valence-corrected chi connectivity index (χ4v) is 6.81. The molecule has 2 fully saturated rings. The Kier molecular flexibility index (Phi) is 7.20. The quantitative estimate of drug-likeness (QED) is 0.240. The molecule has 4 atom stereocenters. The van der Waals surface area contributed by atoms with E-state index in [-0.39, 0.29) is 22.7 Å². The molecular weight excluding hydrogens is 460 g/mol. The van der Waals surface area contributed by atoms with Crippen LogP contribution in [0.25, 0.3) is 0 Å². The van der Waals surface area contributed by atoms with Crippen molar-refractivity contribution in [3.63, 3.8) is 0 Å². The van der Waals surface area contributed by atoms with Crippen LogP contribution in [0.2, 0.25) is 0 Å². The Hall–Kier alpha value is -2.49. The molecule has 202 valence electrons. The molecule has 0 amide bonds. The van der Waals surface area contributed by atoms with Crippen molar-refractivity contribution in [2.45, 2.75) is 113 Å². The van der Waals surface area contributed by atoms with E-state index in [0.29, 0.717) is 30.1 Å². The number of phenols is 1. The van der Waals surface area contributed by atoms with E-state index >= 15 is 0 Å². The summed E-state index contributed by atoms with van der Waals surface area (Å²) in [5, 5.41) is 11.5. The summed E-state index contributed by atoms with van der Waals surface area (Å²) in [4.78, 5) is 13.7. The largest absolute Gasteiger partial charge is 0.507 e. The summed E-state index contributed by atoms with van der Waals surface area (Å²) in [6.45, 7) is 19.2. The van der Waals surface area contributed by atoms with Crippen LogP contribution in [-0.4, -0.2) is 22.8 Å². The standard InChI is InChI=1S/C33H46O4/c1-20(2)11-10-16-32(8)17-15-25-28(34)27(22(5)24(29(25)37-32)13-12-21(3)4)30(35)36-26-19-23-14-18-33(26,9)31(23,6)7/h10-12,16,23,26,34H,13-15,17-19H2,1-9H3/t23-,26-,32-,33+/m0/s1. The van der Waals surface area contributed by atoms with Crippen molar-refractivity contribution in [3.8, 4) is 11.5 Å². The molecule has 4 rings (SSSR count). The zero-order chi connectivity index (χ0) is 27.3. The predicted octanol–water partition coefficient (Wildman–Crippen LogP) is 8.19. The van der Waals surface area contributed by atoms with Gasteiger partial charge in [-0.1, -0.05) is 50.1 Å². The molecule has 0 spiro atoms. The van der Waals surface area contributed by atoms with Gasteiger partial charge >= 0.3 is 5.97 Å². The highest BCUT2D eigenvalue weighted by Crippen LogP contribution is 2.66. The molecule has 1 aliphatic heterocycles. The fourth-order valence-electron chi connectivity index (χ4n) is 6.81. The molecule has 0 saturated heterocycles. The van der Waals surface area contributed by atoms with E-state index in [4.69, 9.17) is 9.47 Å². The SMILES string of the molecule is CC(C)=CC=C[C@@]1(C)CCc2c(O)c(C(=O)O[C@H]3C[C@@H]4CC[C@@]3(C)C4(C)C)c(C)c(CC=C(C)C)c2O1. The molecular formula is C33H46O4. The lowest BCUT2D eigenvalue weighted by molar-refractivity contribution is -0.0245. The van der Waals surface area contributed by atoms with Gasteiger partial charge in [-0.25, -0.2) is 4.79 Å². The Bertz CT molecular complexity index is 1180. The van der Waals surface area contributed by atoms with Crippen molar-refractivity contribution < 1.29 is 19.4 Å². The summed E-state index contributed by atoms with van der Waals surface area (Å²) < 4.78 is 12.9. The molecule has 1 aromatic rings. The van der Waals surface area contributed by atoms with Gasteiger partial charge in [-0.2, -0.15) is 0 Å². The van der Waals surface area contributed by atoms with E-state index in [1.165, 1.54) is 17.6 Å². The number of ether oxygens (including phenoxy) is 2. The molecule has 2 saturated carbocycles. The molecule has 0 unspecified atom stereocenters. The number of hydrogen-bond donors (Lipinski definition) is 1. The summed E-state index contributed by atoms with van der Waals surface area (Å²) in [5.74, 6) is 0.920. The Morgan fingerprint density at radius 1 is 1.11 bits per heavy atom. The van der Waals surface area contributed by atoms with Gasteiger partial charge in [0.05, 0.1) is 0 Å². The summed E-state index contributed by atoms with van der Waals surface area (Å²) in [6, 6.07) is 0. The molecule has 1 N–H and O–H groups in total. The second-order valence-electron chi connectivity index (χ2n) is 13.1. The maximum absolute atomic E-state index is 13.7. The topological polar surface area (TPSA) is 55.8 Å². The fraction of sp³-hybridized carbons (Fsp3) is 0.606. The molecule has 0 aromatic heterocycles. The summed E-state index contributed by atoms with van der Waals surface area (Å²) in [6.07, 6.45) is 13.4. The van der Waals surface area contributed by atoms with Crippen LogP contribution in [-0.2, 0) is 17.6 Å². The lowest BCUT2D eigenvalue weighted by Gasteiger charge is -2.39. The molecule has 1 aromatic carbocycles. The lowest BCUT2D eigenvalue weighted by atomic mass is 9.70. The van der Waals surface area contributed by atoms with Gasteiger partial charge in [0.15, 0.2) is 0 Å². The second-order valence-corrected chi connectivity index (χ2v) is 13.1. The third-order valence-corrected chi connectivity index (χ3v) is 9.87. The molecule has 1 heterocycles. The smallest absolute Gasteiger partial charge is 0.342 e. The number of hydrogen-bond acceptors (Lipinski definition) is 4. The average molecular weight is 507 g/mol. The molecule has 3 aliphatic rings. The number of phenolic OH excluding ortho intramolecular Hbond substituents is 1. The van der Waals surface area contributed by atoms with Gasteiger partial charge in [0, 0.05) is 16.5 Å². The number of carbonyl (C=O) groups excluding carboxylic acids is 1. The average Bonchev–Trinajstić information content (AvgIpc) is 3.12. The van der Waals surface area contributed by atoms with Crippen LogP contribution in [0.1, 0.15) is 108 Å². The van der Waals surface area contributed by atoms with Crippen LogP contribution >= 0.6 is 0 Å². The first-order chi connectivity index (χ1) is 17.2. The predicted molar refractivity (Wildman–Crippen MR) is 150 cm³/mol. The minimum Gasteiger partial charge on any atom is -0.507 e. The van der Waals surface area contributed by atoms with E-state index < -0.39 is 11.6 Å². The van der Waals surface area contributed by atoms with Crippen LogP contribution in [0, 0.1) is 23.7 Å². The van der Waals surface area contributed by atoms with Crippen molar-refractivity contribution in [1.29, 1.82) is 0 Å². The summed E-state index contributed by atoms with van der Waals surface area (Å²) >= 11 is 0. The molecule has 2 aliphatic carbocycles. The highest BCUT2D eigenvalue weighted by molar-refractivity contribution is 5.96. The number of allylic oxidation sites excluding steroid dienone is 5. The minimum atomic E-state index is -0.483. The van der Waals surface area contributed by atoms with E-state index in [2.05, 4.69) is 73.6 Å². The van der Waals surface area contributed by atoms with Crippen LogP contribution in [0.15, 0.2) is 35.5 Å². The zero-order valence-electron chi connectivity index (χ0n) is 24.4. The first-order valence-corrected chi connectivity index (χ1v) is 13.9. The Balaban J connectivity index is 1.72. The van der Waals surface area contributed by atoms with Gasteiger partial charge in [0.2, 0.25) is 0 Å². The van der Waals surface area contributed by atoms with Crippen LogP contribution in [0.5, 0.6) is 11.5 Å². The first kappa shape index (κ1) is 27.5. The number of fused-ring (bicyclic) bond motifs is 3. The minimum absolute atomic E-state index is 0.0290. The van der Waals surface area contributed by atoms with Gasteiger partial charge < -0.3 is 14.6 Å². The summed E-state index contributed by atoms with van der Waals surface area (Å²) in [5.41, 5.74) is 4.81. The van der Waals surface area contributed by atoms with Gasteiger partial charge in [0.25, 0.3) is 0 Å². The van der Waals surface area contributed by atoms with E-state index in [1.54, 1.807) is 0 Å². The number of rotatable bonds is 6. The highest BCUT2D eigenvalue weighted by Gasteiger charge is 2.63. The number of carbonyl (C=O) groups is 1. The maximum atomic E-state index is 13.7. The monoisotopic (exact) mass is 506 g/mol. The second kappa shape index (κ2) is 9.67. The normalized spacial score (nSPS) is 29.5. The van der Waals surface area contributed by atoms with E-state index in [0.717, 1.165) is 36.0 Å². The summed E-state index contributed by atoms with van der Waals surface area (Å²) in [7, 11) is 0. The van der Waals surface area contributed by atoms with E-state index in [1.807, 2.05) is 13.0 Å². The highest BCUT2D eigenvalue weighted by atomic mass is 16.5. The van der Waals surface area contributed by atoms with Crippen molar-refractivity contribution in [2.24, 2.45) is 16.7 Å². The van der Waals surface area contributed by atoms with Crippen LogP contribution in [0.4, 0.5) is 0 Å².